The van der Waals surface area contributed by atoms with Crippen LogP contribution in [0, 0.1) is 0 Å². The predicted octanol–water partition coefficient (Wildman–Crippen LogP) is 7.64. The van der Waals surface area contributed by atoms with Crippen LogP contribution < -0.4 is 55.2 Å². The maximum Gasteiger partial charge on any atom is 0.341 e. The Kier molecular flexibility index (Phi) is 34.6. The molecule has 0 fully saturated rings. The zero-order valence-electron chi connectivity index (χ0n) is 53.1. The lowest BCUT2D eigenvalue weighted by atomic mass is 10.1. The van der Waals surface area contributed by atoms with E-state index in [1.165, 1.54) is 160 Å². The van der Waals surface area contributed by atoms with Crippen LogP contribution in [-0.4, -0.2) is 162 Å². The zero-order chi connectivity index (χ0) is 72.0. The van der Waals surface area contributed by atoms with Crippen molar-refractivity contribution in [3.05, 3.63) is 139 Å². The summed E-state index contributed by atoms with van der Waals surface area (Å²) in [6.07, 6.45) is 0. The van der Waals surface area contributed by atoms with Crippen molar-refractivity contribution in [2.75, 3.05) is 114 Å². The maximum absolute atomic E-state index is 11.6. The topological polar surface area (TPSA) is 427 Å². The number of esters is 6. The number of methoxy groups -OCH3 is 11. The van der Waals surface area contributed by atoms with Gasteiger partial charge in [-0.3, -0.25) is 9.59 Å². The summed E-state index contributed by atoms with van der Waals surface area (Å²) in [6.45, 7) is 2.67. The monoisotopic (exact) mass is 1410 g/mol. The number of nitrogen functional groups attached to an aromatic ring is 1. The SMILES string of the molecule is CNS(=O)(=O)c1ccc(OC)c(C(=O)OC)c1.CNc1cc(OC)c(C(=O)OC)cc1Cl.COC(=O)c1cc(Cl)c(NC(C)=O)cc1O.COC(=O)c1cc(Cl)c(NC(C)=O)cc1OC.COC(=O)c1cc(S(N)(=O)=O)ccc1OC.COC(=O)c1ccc(N)cc1OC. The van der Waals surface area contributed by atoms with Gasteiger partial charge in [-0.25, -0.2) is 55.5 Å². The van der Waals surface area contributed by atoms with Crippen molar-refractivity contribution in [1.29, 1.82) is 0 Å². The first-order valence-electron chi connectivity index (χ1n) is 25.9. The van der Waals surface area contributed by atoms with Gasteiger partial charge in [-0.05, 0) is 73.8 Å². The highest BCUT2D eigenvalue weighted by Gasteiger charge is 2.22. The summed E-state index contributed by atoms with van der Waals surface area (Å²) in [5.41, 5.74) is 8.27. The number of nitrogens with one attached hydrogen (secondary N) is 4. The lowest BCUT2D eigenvalue weighted by Crippen LogP contribution is -2.19. The number of benzene rings is 6. The summed E-state index contributed by atoms with van der Waals surface area (Å²) in [6, 6.07) is 20.8. The average molecular weight is 1420 g/mol. The average Bonchev–Trinajstić information content (AvgIpc) is 0.897. The Bertz CT molecular complexity index is 3930. The minimum atomic E-state index is -3.86. The number of carbonyl (C=O) groups is 8. The van der Waals surface area contributed by atoms with Crippen molar-refractivity contribution in [2.24, 2.45) is 5.14 Å². The van der Waals surface area contributed by atoms with Crippen LogP contribution in [0.5, 0.6) is 34.5 Å². The van der Waals surface area contributed by atoms with Crippen LogP contribution in [0.25, 0.3) is 0 Å². The summed E-state index contributed by atoms with van der Waals surface area (Å²) in [7, 11) is 10.1. The largest absolute Gasteiger partial charge is 0.507 e. The number of nitrogens with two attached hydrogens (primary N) is 2. The van der Waals surface area contributed by atoms with Gasteiger partial charge < -0.3 is 78.9 Å². The molecule has 0 radical (unpaired) electrons. The maximum atomic E-state index is 11.6. The van der Waals surface area contributed by atoms with Gasteiger partial charge in [0.25, 0.3) is 0 Å². The van der Waals surface area contributed by atoms with E-state index in [0.717, 1.165) is 6.07 Å². The Labute approximate surface area is 556 Å². The number of phenols is 1. The van der Waals surface area contributed by atoms with E-state index in [0.29, 0.717) is 44.7 Å². The molecule has 0 bridgehead atoms. The summed E-state index contributed by atoms with van der Waals surface area (Å²) in [5.74, 6) is -2.80. The van der Waals surface area contributed by atoms with E-state index < -0.39 is 55.9 Å². The number of primary sulfonamides is 1. The molecular weight excluding hydrogens is 1350 g/mol. The van der Waals surface area contributed by atoms with E-state index in [1.807, 2.05) is 0 Å². The van der Waals surface area contributed by atoms with Gasteiger partial charge in [0.1, 0.15) is 67.9 Å². The minimum absolute atomic E-state index is 0.0107. The van der Waals surface area contributed by atoms with Crippen LogP contribution in [-0.2, 0) is 58.1 Å². The quantitative estimate of drug-likeness (QED) is 0.0262. The third-order valence-corrected chi connectivity index (χ3v) is 14.7. The van der Waals surface area contributed by atoms with E-state index in [-0.39, 0.29) is 82.6 Å². The van der Waals surface area contributed by atoms with Crippen LogP contribution in [0.2, 0.25) is 15.1 Å². The fourth-order valence-corrected chi connectivity index (χ4v) is 8.92. The first-order valence-corrected chi connectivity index (χ1v) is 30.1. The van der Waals surface area contributed by atoms with Crippen LogP contribution >= 0.6 is 34.8 Å². The fourth-order valence-electron chi connectivity index (χ4n) is 6.94. The van der Waals surface area contributed by atoms with Crippen molar-refractivity contribution < 1.29 is 112 Å². The van der Waals surface area contributed by atoms with Gasteiger partial charge in [-0.1, -0.05) is 34.8 Å². The van der Waals surface area contributed by atoms with Gasteiger partial charge in [0, 0.05) is 50.8 Å². The number of hydrogen-bond donors (Lipinski definition) is 7. The van der Waals surface area contributed by atoms with Gasteiger partial charge in [0.2, 0.25) is 31.9 Å². The second-order valence-corrected chi connectivity index (χ2v) is 22.1. The molecule has 2 amide bonds. The number of anilines is 4. The van der Waals surface area contributed by atoms with Gasteiger partial charge in [-0.2, -0.15) is 0 Å². The second-order valence-electron chi connectivity index (χ2n) is 17.4. The molecule has 512 valence electrons. The van der Waals surface area contributed by atoms with Crippen molar-refractivity contribution >= 4 is 125 Å². The van der Waals surface area contributed by atoms with Crippen LogP contribution in [0.4, 0.5) is 22.7 Å². The van der Waals surface area contributed by atoms with E-state index >= 15 is 0 Å². The Morgan fingerprint density at radius 1 is 0.404 bits per heavy atom. The molecule has 0 aliphatic heterocycles. The molecule has 0 saturated carbocycles. The summed E-state index contributed by atoms with van der Waals surface area (Å²) in [4.78, 5) is 89.5. The van der Waals surface area contributed by atoms with Crippen molar-refractivity contribution in [3.8, 4) is 34.5 Å². The van der Waals surface area contributed by atoms with Gasteiger partial charge in [-0.15, -0.1) is 0 Å². The molecule has 0 heterocycles. The Balaban J connectivity index is 0.000000565. The first kappa shape index (κ1) is 82.2. The molecule has 6 rings (SSSR count). The highest BCUT2D eigenvalue weighted by molar-refractivity contribution is 7.89. The number of halogens is 3. The van der Waals surface area contributed by atoms with Crippen LogP contribution in [0.15, 0.2) is 101 Å². The highest BCUT2D eigenvalue weighted by Crippen LogP contribution is 2.34. The number of sulfonamides is 2. The minimum Gasteiger partial charge on any atom is -0.507 e. The Morgan fingerprint density at radius 3 is 1.09 bits per heavy atom. The molecule has 6 aromatic carbocycles. The van der Waals surface area contributed by atoms with E-state index in [4.69, 9.17) is 69.4 Å². The smallest absolute Gasteiger partial charge is 0.341 e. The van der Waals surface area contributed by atoms with Gasteiger partial charge >= 0.3 is 35.8 Å². The standard InChI is InChI=1S/C11H12ClNO4.C10H10ClNO4.C10H12ClNO3.C10H13NO5S.C9H11NO5S.C9H11NO3/c1-6(14)13-9-5-10(16-2)7(4-8(9)12)11(15)17-3;1-5(13)12-8-4-9(14)6(3-7(8)11)10(15)16-2;1-12-8-5-9(14-2)6(4-7(8)11)10(13)15-3;1-11-17(13,14)7-4-5-9(15-2)8(6-7)10(12)16-3;1-14-8-4-3-6(16(10,12)13)5-7(8)9(11)15-2;1-12-8-5-6(10)3-4-7(8)9(11)13-2/h4-5H,1-3H3,(H,13,14);3-4,14H,1-2H3,(H,12,13);4-5,12H,1-3H3;4-6,11H,1-3H3;3-5H,1-2H3,(H2,10,12,13);3-5H,10H2,1-2H3. The molecule has 30 nitrogen and oxygen atoms in total. The molecule has 9 N–H and O–H groups in total. The van der Waals surface area contributed by atoms with Crippen LogP contribution in [0.1, 0.15) is 76.0 Å². The van der Waals surface area contributed by atoms with Crippen molar-refractivity contribution in [1.82, 2.24) is 4.72 Å². The number of phenolic OH excluding ortho intramolecular Hbond substituents is 1. The molecule has 0 spiro atoms. The van der Waals surface area contributed by atoms with Crippen molar-refractivity contribution in [2.45, 2.75) is 23.6 Å². The third-order valence-electron chi connectivity index (χ3n) is 11.5. The number of carbonyl (C=O) groups excluding carboxylic acids is 8. The molecular formula is C59H69Cl3N6O24S2. The Morgan fingerprint density at radius 2 is 0.723 bits per heavy atom. The predicted molar refractivity (Wildman–Crippen MR) is 346 cm³/mol. The van der Waals surface area contributed by atoms with E-state index in [2.05, 4.69) is 49.1 Å². The molecule has 0 saturated heterocycles. The molecule has 0 aliphatic carbocycles. The Hall–Kier alpha value is -9.83. The summed E-state index contributed by atoms with van der Waals surface area (Å²) in [5, 5.41) is 23.1. The molecule has 94 heavy (non-hydrogen) atoms. The molecule has 0 unspecified atom stereocenters. The molecule has 0 aromatic heterocycles. The number of aromatic hydroxyl groups is 1. The second kappa shape index (κ2) is 39.5. The van der Waals surface area contributed by atoms with E-state index in [1.54, 1.807) is 31.3 Å². The zero-order valence-corrected chi connectivity index (χ0v) is 57.0. The lowest BCUT2D eigenvalue weighted by Gasteiger charge is -2.11. The van der Waals surface area contributed by atoms with Gasteiger partial charge in [0.05, 0.1) is 120 Å². The summed E-state index contributed by atoms with van der Waals surface area (Å²) >= 11 is 17.7. The number of amides is 2. The third kappa shape index (κ3) is 24.7. The molecule has 0 aliphatic rings. The lowest BCUT2D eigenvalue weighted by molar-refractivity contribution is -0.115. The summed E-state index contributed by atoms with van der Waals surface area (Å²) < 4.78 is 99.6. The number of rotatable bonds is 17. The first-order chi connectivity index (χ1) is 44.1. The van der Waals surface area contributed by atoms with Crippen LogP contribution in [0.3, 0.4) is 0 Å². The normalized spacial score (nSPS) is 10.1. The number of ether oxygens (including phenoxy) is 11. The molecule has 0 atom stereocenters. The highest BCUT2D eigenvalue weighted by atomic mass is 35.5. The molecule has 35 heteroatoms. The number of hydrogen-bond acceptors (Lipinski definition) is 26. The molecule has 6 aromatic rings. The van der Waals surface area contributed by atoms with Crippen molar-refractivity contribution in [3.63, 3.8) is 0 Å². The van der Waals surface area contributed by atoms with E-state index in [9.17, 15) is 60.3 Å². The van der Waals surface area contributed by atoms with Gasteiger partial charge in [0.15, 0.2) is 0 Å². The fraction of sp³-hybridized carbons (Fsp3) is 0.254.